The molecule has 1 unspecified atom stereocenters. The van der Waals surface area contributed by atoms with Gasteiger partial charge in [0.15, 0.2) is 0 Å². The lowest BCUT2D eigenvalue weighted by Gasteiger charge is -2.16. The number of hydrogen-bond donors (Lipinski definition) is 1. The minimum absolute atomic E-state index is 0.165. The van der Waals surface area contributed by atoms with Crippen LogP contribution in [0.4, 0.5) is 0 Å². The Morgan fingerprint density at radius 3 is 2.47 bits per heavy atom. The van der Waals surface area contributed by atoms with Gasteiger partial charge in [0.25, 0.3) is 5.91 Å². The smallest absolute Gasteiger partial charge is 0.271 e. The highest BCUT2D eigenvalue weighted by Crippen LogP contribution is 2.16. The first-order valence-electron chi connectivity index (χ1n) is 6.63. The standard InChI is InChI=1S/C14H22ClN3O/c1-8(2)10(5)6-17-14(19)12-11(15)7-16-13(18-12)9(3)4/h7-10H,6H2,1-5H3,(H,17,19). The van der Waals surface area contributed by atoms with Crippen LogP contribution in [0, 0.1) is 11.8 Å². The molecule has 1 rings (SSSR count). The summed E-state index contributed by atoms with van der Waals surface area (Å²) in [5, 5.41) is 3.16. The Kier molecular flexibility index (Phi) is 5.73. The first kappa shape index (κ1) is 15.9. The summed E-state index contributed by atoms with van der Waals surface area (Å²) in [4.78, 5) is 20.4. The van der Waals surface area contributed by atoms with E-state index in [1.165, 1.54) is 6.20 Å². The normalized spacial score (nSPS) is 12.8. The van der Waals surface area contributed by atoms with Gasteiger partial charge in [0.2, 0.25) is 0 Å². The van der Waals surface area contributed by atoms with Crippen molar-refractivity contribution >= 4 is 17.5 Å². The van der Waals surface area contributed by atoms with Gasteiger partial charge in [-0.3, -0.25) is 4.79 Å². The second-order valence-corrected chi connectivity index (χ2v) is 5.92. The van der Waals surface area contributed by atoms with Gasteiger partial charge in [0.1, 0.15) is 11.5 Å². The minimum atomic E-state index is -0.234. The summed E-state index contributed by atoms with van der Waals surface area (Å²) in [5.41, 5.74) is 0.260. The Morgan fingerprint density at radius 2 is 1.95 bits per heavy atom. The molecule has 1 amide bonds. The number of halogens is 1. The highest BCUT2D eigenvalue weighted by atomic mass is 35.5. The zero-order valence-electron chi connectivity index (χ0n) is 12.2. The summed E-state index contributed by atoms with van der Waals surface area (Å²) in [6, 6.07) is 0. The number of carbonyl (C=O) groups excluding carboxylic acids is 1. The van der Waals surface area contributed by atoms with Crippen molar-refractivity contribution in [1.29, 1.82) is 0 Å². The molecule has 0 bridgehead atoms. The van der Waals surface area contributed by atoms with Gasteiger partial charge in [-0.2, -0.15) is 0 Å². The Labute approximate surface area is 120 Å². The third kappa shape index (κ3) is 4.46. The molecule has 0 saturated carbocycles. The lowest BCUT2D eigenvalue weighted by atomic mass is 9.98. The molecule has 0 spiro atoms. The first-order valence-corrected chi connectivity index (χ1v) is 7.01. The van der Waals surface area contributed by atoms with Crippen molar-refractivity contribution in [2.45, 2.75) is 40.5 Å². The molecule has 0 saturated heterocycles. The van der Waals surface area contributed by atoms with Gasteiger partial charge >= 0.3 is 0 Å². The van der Waals surface area contributed by atoms with Crippen molar-refractivity contribution in [3.63, 3.8) is 0 Å². The maximum atomic E-state index is 12.1. The van der Waals surface area contributed by atoms with Crippen molar-refractivity contribution in [2.75, 3.05) is 6.54 Å². The molecule has 1 aromatic rings. The molecule has 4 nitrogen and oxygen atoms in total. The van der Waals surface area contributed by atoms with Crippen molar-refractivity contribution < 1.29 is 4.79 Å². The number of carbonyl (C=O) groups is 1. The van der Waals surface area contributed by atoms with Gasteiger partial charge in [-0.15, -0.1) is 0 Å². The quantitative estimate of drug-likeness (QED) is 0.902. The fourth-order valence-corrected chi connectivity index (χ4v) is 1.57. The van der Waals surface area contributed by atoms with Crippen molar-refractivity contribution in [3.05, 3.63) is 22.7 Å². The predicted molar refractivity (Wildman–Crippen MR) is 77.5 cm³/mol. The highest BCUT2D eigenvalue weighted by Gasteiger charge is 2.16. The monoisotopic (exact) mass is 283 g/mol. The molecular formula is C14H22ClN3O. The molecule has 0 aliphatic rings. The average Bonchev–Trinajstić information content (AvgIpc) is 2.35. The summed E-state index contributed by atoms with van der Waals surface area (Å²) < 4.78 is 0. The summed E-state index contributed by atoms with van der Waals surface area (Å²) >= 11 is 5.99. The second kappa shape index (κ2) is 6.85. The number of aromatic nitrogens is 2. The minimum Gasteiger partial charge on any atom is -0.350 e. The SMILES string of the molecule is CC(C)c1ncc(Cl)c(C(=O)NCC(C)C(C)C)n1. The highest BCUT2D eigenvalue weighted by molar-refractivity contribution is 6.33. The van der Waals surface area contributed by atoms with Crippen LogP contribution in [0.3, 0.4) is 0 Å². The van der Waals surface area contributed by atoms with E-state index in [0.29, 0.717) is 29.2 Å². The molecule has 19 heavy (non-hydrogen) atoms. The maximum absolute atomic E-state index is 12.1. The van der Waals surface area contributed by atoms with E-state index in [-0.39, 0.29) is 17.5 Å². The average molecular weight is 284 g/mol. The van der Waals surface area contributed by atoms with E-state index < -0.39 is 0 Å². The van der Waals surface area contributed by atoms with Crippen LogP contribution in [0.5, 0.6) is 0 Å². The third-order valence-electron chi connectivity index (χ3n) is 3.22. The van der Waals surface area contributed by atoms with Crippen LogP contribution in [0.25, 0.3) is 0 Å². The van der Waals surface area contributed by atoms with Gasteiger partial charge in [-0.25, -0.2) is 9.97 Å². The molecule has 1 N–H and O–H groups in total. The van der Waals surface area contributed by atoms with Crippen LogP contribution in [-0.4, -0.2) is 22.4 Å². The van der Waals surface area contributed by atoms with Crippen molar-refractivity contribution in [2.24, 2.45) is 11.8 Å². The van der Waals surface area contributed by atoms with E-state index in [4.69, 9.17) is 11.6 Å². The molecule has 106 valence electrons. The van der Waals surface area contributed by atoms with Crippen LogP contribution in [0.15, 0.2) is 6.20 Å². The lowest BCUT2D eigenvalue weighted by molar-refractivity contribution is 0.0939. The van der Waals surface area contributed by atoms with E-state index >= 15 is 0 Å². The van der Waals surface area contributed by atoms with Gasteiger partial charge in [0, 0.05) is 12.5 Å². The van der Waals surface area contributed by atoms with E-state index in [2.05, 4.69) is 36.1 Å². The second-order valence-electron chi connectivity index (χ2n) is 5.51. The van der Waals surface area contributed by atoms with E-state index in [9.17, 15) is 4.79 Å². The van der Waals surface area contributed by atoms with Gasteiger partial charge in [0.05, 0.1) is 11.2 Å². The summed E-state index contributed by atoms with van der Waals surface area (Å²) in [5.74, 6) is 1.49. The number of amides is 1. The molecule has 0 aromatic carbocycles. The molecule has 1 heterocycles. The number of nitrogens with one attached hydrogen (secondary N) is 1. The zero-order chi connectivity index (χ0) is 14.6. The third-order valence-corrected chi connectivity index (χ3v) is 3.49. The van der Waals surface area contributed by atoms with Gasteiger partial charge in [-0.1, -0.05) is 46.2 Å². The van der Waals surface area contributed by atoms with E-state index in [1.54, 1.807) is 0 Å². The van der Waals surface area contributed by atoms with E-state index in [1.807, 2.05) is 13.8 Å². The number of nitrogens with zero attached hydrogens (tertiary/aromatic N) is 2. The lowest BCUT2D eigenvalue weighted by Crippen LogP contribution is -2.31. The summed E-state index contributed by atoms with van der Waals surface area (Å²) in [6.07, 6.45) is 1.49. The Morgan fingerprint density at radius 1 is 1.32 bits per heavy atom. The molecule has 1 aromatic heterocycles. The van der Waals surface area contributed by atoms with Crippen molar-refractivity contribution in [3.8, 4) is 0 Å². The van der Waals surface area contributed by atoms with Crippen LogP contribution < -0.4 is 5.32 Å². The number of hydrogen-bond acceptors (Lipinski definition) is 3. The summed E-state index contributed by atoms with van der Waals surface area (Å²) in [6.45, 7) is 10.9. The zero-order valence-corrected chi connectivity index (χ0v) is 13.0. The largest absolute Gasteiger partial charge is 0.350 e. The van der Waals surface area contributed by atoms with Crippen LogP contribution in [0.2, 0.25) is 5.02 Å². The Hall–Kier alpha value is -1.16. The van der Waals surface area contributed by atoms with E-state index in [0.717, 1.165) is 0 Å². The number of rotatable bonds is 5. The Bertz CT molecular complexity index is 446. The van der Waals surface area contributed by atoms with Crippen LogP contribution in [-0.2, 0) is 0 Å². The maximum Gasteiger partial charge on any atom is 0.271 e. The first-order chi connectivity index (χ1) is 8.82. The molecule has 0 radical (unpaired) electrons. The van der Waals surface area contributed by atoms with Gasteiger partial charge < -0.3 is 5.32 Å². The Balaban J connectivity index is 2.79. The molecule has 5 heteroatoms. The van der Waals surface area contributed by atoms with Crippen LogP contribution in [0.1, 0.15) is 56.8 Å². The molecule has 0 fully saturated rings. The van der Waals surface area contributed by atoms with Crippen molar-refractivity contribution in [1.82, 2.24) is 15.3 Å². The summed E-state index contributed by atoms with van der Waals surface area (Å²) in [7, 11) is 0. The fourth-order valence-electron chi connectivity index (χ4n) is 1.39. The molecule has 0 aliphatic heterocycles. The molecule has 0 aliphatic carbocycles. The van der Waals surface area contributed by atoms with Gasteiger partial charge in [-0.05, 0) is 11.8 Å². The molecular weight excluding hydrogens is 262 g/mol. The fraction of sp³-hybridized carbons (Fsp3) is 0.643. The predicted octanol–water partition coefficient (Wildman–Crippen LogP) is 3.28. The molecule has 1 atom stereocenters. The topological polar surface area (TPSA) is 54.9 Å². The van der Waals surface area contributed by atoms with Crippen LogP contribution >= 0.6 is 11.6 Å².